The second-order valence-corrected chi connectivity index (χ2v) is 13.8. The average Bonchev–Trinajstić information content (AvgIpc) is 3.59. The van der Waals surface area contributed by atoms with E-state index in [1.54, 1.807) is 0 Å². The fourth-order valence-corrected chi connectivity index (χ4v) is 8.76. The smallest absolute Gasteiger partial charge is 0.319 e. The molecule has 7 heterocycles. The zero-order chi connectivity index (χ0) is 31.2. The van der Waals surface area contributed by atoms with Gasteiger partial charge in [0, 0.05) is 25.3 Å². The highest BCUT2D eigenvalue weighted by molar-refractivity contribution is 6.06. The Hall–Kier alpha value is -4.03. The van der Waals surface area contributed by atoms with Gasteiger partial charge in [-0.15, -0.1) is 0 Å². The summed E-state index contributed by atoms with van der Waals surface area (Å²) in [5, 5.41) is 8.51. The number of hydrogen-bond acceptors (Lipinski definition) is 10. The topological polar surface area (TPSA) is 128 Å². The quantitative estimate of drug-likeness (QED) is 0.302. The van der Waals surface area contributed by atoms with E-state index in [0.717, 1.165) is 74.7 Å². The summed E-state index contributed by atoms with van der Waals surface area (Å²) in [4.78, 5) is 19.3. The van der Waals surface area contributed by atoms with Crippen LogP contribution in [0.3, 0.4) is 0 Å². The number of fused-ring (bicyclic) bond motifs is 5. The molecular formula is C34H39FN8O3. The fraction of sp³-hybridized carbons (Fsp3) is 0.529. The van der Waals surface area contributed by atoms with Crippen LogP contribution in [0.15, 0.2) is 18.2 Å². The van der Waals surface area contributed by atoms with Crippen LogP contribution in [0, 0.1) is 5.82 Å². The Morgan fingerprint density at radius 1 is 1.17 bits per heavy atom. The minimum Gasteiger partial charge on any atom is -0.475 e. The van der Waals surface area contributed by atoms with Crippen molar-refractivity contribution in [3.05, 3.63) is 35.2 Å². The molecule has 1 aromatic carbocycles. The van der Waals surface area contributed by atoms with Crippen molar-refractivity contribution in [2.45, 2.75) is 69.4 Å². The Morgan fingerprint density at radius 2 is 2.09 bits per heavy atom. The highest BCUT2D eigenvalue weighted by Gasteiger charge is 2.47. The average molecular weight is 627 g/mol. The molecule has 1 aliphatic carbocycles. The van der Waals surface area contributed by atoms with E-state index in [1.807, 2.05) is 0 Å². The molecule has 0 spiro atoms. The van der Waals surface area contributed by atoms with Crippen molar-refractivity contribution in [1.82, 2.24) is 30.0 Å². The van der Waals surface area contributed by atoms with Gasteiger partial charge in [0.05, 0.1) is 29.1 Å². The number of nitrogens with one attached hydrogen (secondary N) is 1. The fourth-order valence-electron chi connectivity index (χ4n) is 8.76. The van der Waals surface area contributed by atoms with Gasteiger partial charge in [-0.3, -0.25) is 10.00 Å². The second kappa shape index (κ2) is 10.5. The van der Waals surface area contributed by atoms with Crippen LogP contribution in [-0.2, 0) is 11.2 Å². The summed E-state index contributed by atoms with van der Waals surface area (Å²) in [6.45, 7) is 10.9. The van der Waals surface area contributed by atoms with E-state index in [9.17, 15) is 0 Å². The third-order valence-electron chi connectivity index (χ3n) is 10.9. The number of rotatable bonds is 4. The van der Waals surface area contributed by atoms with Crippen molar-refractivity contribution >= 4 is 33.4 Å². The van der Waals surface area contributed by atoms with E-state index in [-0.39, 0.29) is 34.7 Å². The number of hydrogen-bond donors (Lipinski definition) is 2. The zero-order valence-corrected chi connectivity index (χ0v) is 26.2. The highest BCUT2D eigenvalue weighted by atomic mass is 19.1. The van der Waals surface area contributed by atoms with Crippen LogP contribution in [0.25, 0.3) is 33.1 Å². The number of nitrogens with zero attached hydrogens (tertiary/aromatic N) is 6. The largest absolute Gasteiger partial charge is 0.475 e. The summed E-state index contributed by atoms with van der Waals surface area (Å²) < 4.78 is 36.2. The molecule has 11 nitrogen and oxygen atoms in total. The van der Waals surface area contributed by atoms with E-state index in [4.69, 9.17) is 34.9 Å². The highest BCUT2D eigenvalue weighted by Crippen LogP contribution is 2.48. The van der Waals surface area contributed by atoms with Gasteiger partial charge in [-0.2, -0.15) is 15.1 Å². The zero-order valence-electron chi connectivity index (χ0n) is 26.2. The van der Waals surface area contributed by atoms with Crippen LogP contribution in [0.5, 0.6) is 11.9 Å². The van der Waals surface area contributed by atoms with Crippen LogP contribution < -0.4 is 20.1 Å². The molecule has 4 aliphatic heterocycles. The molecule has 46 heavy (non-hydrogen) atoms. The first-order valence-corrected chi connectivity index (χ1v) is 16.6. The summed E-state index contributed by atoms with van der Waals surface area (Å²) in [5.74, 6) is 0.858. The van der Waals surface area contributed by atoms with Gasteiger partial charge in [0.25, 0.3) is 0 Å². The van der Waals surface area contributed by atoms with Gasteiger partial charge in [-0.25, -0.2) is 9.37 Å². The summed E-state index contributed by atoms with van der Waals surface area (Å²) >= 11 is 0. The van der Waals surface area contributed by atoms with Crippen molar-refractivity contribution in [3.8, 4) is 23.1 Å². The van der Waals surface area contributed by atoms with Crippen LogP contribution in [0.4, 0.5) is 16.0 Å². The number of aromatic nitrogens is 5. The molecule has 3 saturated heterocycles. The molecule has 3 aromatic heterocycles. The SMILES string of the molecule is C=C1CN2CCC[C@@]2(COc2nc3c4c(nc(-c5c6c(cc7[nH]nc(N)c57)CCC[C@H]6C)c(F)c4n2)OC[C@@H]2COCCCN32)C1. The molecule has 4 aromatic rings. The first-order valence-electron chi connectivity index (χ1n) is 16.6. The van der Waals surface area contributed by atoms with E-state index >= 15 is 4.39 Å². The molecule has 5 aliphatic rings. The standard InChI is InChI=1S/C34H39FN8O3/c1-18-13-34(8-4-9-42(34)14-18)17-46-33-38-29-26-31(39-33)43-10-5-11-44-15-21(43)16-45-32(26)37-28(27(29)35)25-23-19(2)6-3-7-20(23)12-22-24(25)30(36)41-40-22/h12,19,21H,1,3-11,13-17H2,2H3,(H3,36,40,41)/t19-,21+,34+/m1/s1. The number of benzene rings is 1. The summed E-state index contributed by atoms with van der Waals surface area (Å²) in [6, 6.07) is 2.15. The first-order chi connectivity index (χ1) is 22.4. The van der Waals surface area contributed by atoms with Crippen molar-refractivity contribution in [2.24, 2.45) is 0 Å². The van der Waals surface area contributed by atoms with E-state index < -0.39 is 5.82 Å². The molecule has 12 heteroatoms. The Balaban J connectivity index is 1.26. The Kier molecular flexibility index (Phi) is 6.44. The van der Waals surface area contributed by atoms with Crippen molar-refractivity contribution in [2.75, 3.05) is 56.7 Å². The number of nitrogens with two attached hydrogens (primary N) is 1. The monoisotopic (exact) mass is 626 g/mol. The van der Waals surface area contributed by atoms with Crippen molar-refractivity contribution in [1.29, 1.82) is 0 Å². The summed E-state index contributed by atoms with van der Waals surface area (Å²) in [5.41, 5.74) is 11.5. The molecule has 240 valence electrons. The number of aryl methyl sites for hydroxylation is 1. The van der Waals surface area contributed by atoms with E-state index in [1.165, 1.54) is 5.57 Å². The molecule has 3 N–H and O–H groups in total. The van der Waals surface area contributed by atoms with Crippen LogP contribution in [-0.4, -0.2) is 87.7 Å². The molecule has 0 radical (unpaired) electrons. The van der Waals surface area contributed by atoms with Crippen molar-refractivity contribution < 1.29 is 18.6 Å². The number of pyridine rings is 1. The van der Waals surface area contributed by atoms with Crippen LogP contribution in [0.1, 0.15) is 62.5 Å². The lowest BCUT2D eigenvalue weighted by atomic mass is 9.79. The molecule has 0 saturated carbocycles. The maximum absolute atomic E-state index is 17.4. The van der Waals surface area contributed by atoms with Gasteiger partial charge in [-0.1, -0.05) is 19.1 Å². The Bertz CT molecular complexity index is 1910. The summed E-state index contributed by atoms with van der Waals surface area (Å²) in [7, 11) is 0. The van der Waals surface area contributed by atoms with E-state index in [0.29, 0.717) is 66.8 Å². The maximum atomic E-state index is 17.4. The van der Waals surface area contributed by atoms with Crippen molar-refractivity contribution in [3.63, 3.8) is 0 Å². The normalized spacial score (nSPS) is 26.0. The van der Waals surface area contributed by atoms with Crippen LogP contribution >= 0.6 is 0 Å². The number of anilines is 2. The number of aromatic amines is 1. The molecule has 0 amide bonds. The maximum Gasteiger partial charge on any atom is 0.319 e. The lowest BCUT2D eigenvalue weighted by Crippen LogP contribution is -2.43. The minimum absolute atomic E-state index is 0.114. The third kappa shape index (κ3) is 4.22. The molecular weight excluding hydrogens is 587 g/mol. The first kappa shape index (κ1) is 28.2. The second-order valence-electron chi connectivity index (χ2n) is 13.8. The van der Waals surface area contributed by atoms with Gasteiger partial charge in [0.15, 0.2) is 11.6 Å². The summed E-state index contributed by atoms with van der Waals surface area (Å²) in [6.07, 6.45) is 6.80. The Labute approximate surface area is 266 Å². The minimum atomic E-state index is -0.539. The third-order valence-corrected chi connectivity index (χ3v) is 10.9. The predicted molar refractivity (Wildman–Crippen MR) is 173 cm³/mol. The van der Waals surface area contributed by atoms with Gasteiger partial charge >= 0.3 is 6.01 Å². The lowest BCUT2D eigenvalue weighted by molar-refractivity contribution is 0.108. The van der Waals surface area contributed by atoms with Gasteiger partial charge in [0.2, 0.25) is 5.88 Å². The van der Waals surface area contributed by atoms with Crippen LogP contribution in [0.2, 0.25) is 0 Å². The molecule has 0 unspecified atom stereocenters. The molecule has 3 atom stereocenters. The lowest BCUT2D eigenvalue weighted by Gasteiger charge is -2.31. The van der Waals surface area contributed by atoms with Gasteiger partial charge in [0.1, 0.15) is 35.6 Å². The molecule has 0 bridgehead atoms. The van der Waals surface area contributed by atoms with Gasteiger partial charge in [-0.05, 0) is 74.6 Å². The predicted octanol–water partition coefficient (Wildman–Crippen LogP) is 4.89. The number of ether oxygens (including phenoxy) is 3. The van der Waals surface area contributed by atoms with Gasteiger partial charge < -0.3 is 24.8 Å². The molecule has 3 fully saturated rings. The number of H-pyrrole nitrogens is 1. The number of halogens is 1. The molecule has 9 rings (SSSR count). The number of nitrogen functional groups attached to an aromatic ring is 1. The van der Waals surface area contributed by atoms with E-state index in [2.05, 4.69) is 39.6 Å². The Morgan fingerprint density at radius 3 is 3.00 bits per heavy atom.